The number of carbonyl (C=O) groups is 1. The van der Waals surface area contributed by atoms with Crippen LogP contribution in [-0.4, -0.2) is 46.9 Å². The van der Waals surface area contributed by atoms with Gasteiger partial charge in [-0.25, -0.2) is 0 Å². The number of amides is 1. The van der Waals surface area contributed by atoms with Crippen molar-refractivity contribution in [1.82, 2.24) is 14.7 Å². The Labute approximate surface area is 171 Å². The molecule has 3 heterocycles. The largest absolute Gasteiger partial charge is 0.493 e. The SMILES string of the molecule is CC(C)c1ccc2c(c1)[C@]1(CCO2)C[C@H]1C(=O)N1CCOC(c2cnn(C)c2)C1. The second-order valence-corrected chi connectivity index (χ2v) is 9.01. The highest BCUT2D eigenvalue weighted by molar-refractivity contribution is 5.85. The van der Waals surface area contributed by atoms with E-state index in [0.717, 1.165) is 24.2 Å². The highest BCUT2D eigenvalue weighted by Crippen LogP contribution is 2.61. The third-order valence-corrected chi connectivity index (χ3v) is 6.86. The molecule has 1 aromatic carbocycles. The predicted octanol–water partition coefficient (Wildman–Crippen LogP) is 3.18. The van der Waals surface area contributed by atoms with E-state index in [1.807, 2.05) is 24.3 Å². The number of morpholine rings is 1. The first-order valence-electron chi connectivity index (χ1n) is 10.6. The zero-order valence-electron chi connectivity index (χ0n) is 17.4. The monoisotopic (exact) mass is 395 g/mol. The van der Waals surface area contributed by atoms with Gasteiger partial charge in [-0.15, -0.1) is 0 Å². The second kappa shape index (κ2) is 6.87. The molecule has 154 valence electrons. The number of ether oxygens (including phenoxy) is 2. The topological polar surface area (TPSA) is 56.6 Å². The Morgan fingerprint density at radius 2 is 2.17 bits per heavy atom. The summed E-state index contributed by atoms with van der Waals surface area (Å²) in [7, 11) is 1.90. The van der Waals surface area contributed by atoms with Crippen molar-refractivity contribution >= 4 is 5.91 Å². The van der Waals surface area contributed by atoms with Gasteiger partial charge in [0.05, 0.1) is 26.0 Å². The number of benzene rings is 1. The highest BCUT2D eigenvalue weighted by atomic mass is 16.5. The maximum atomic E-state index is 13.5. The van der Waals surface area contributed by atoms with Crippen molar-refractivity contribution in [2.24, 2.45) is 13.0 Å². The van der Waals surface area contributed by atoms with Gasteiger partial charge < -0.3 is 14.4 Å². The third-order valence-electron chi connectivity index (χ3n) is 6.86. The molecule has 1 spiro atoms. The summed E-state index contributed by atoms with van der Waals surface area (Å²) in [6.45, 7) is 6.95. The molecule has 0 radical (unpaired) electrons. The molecule has 1 saturated heterocycles. The summed E-state index contributed by atoms with van der Waals surface area (Å²) >= 11 is 0. The van der Waals surface area contributed by atoms with Crippen LogP contribution in [0.25, 0.3) is 0 Å². The fourth-order valence-electron chi connectivity index (χ4n) is 4.98. The first kappa shape index (κ1) is 18.7. The van der Waals surface area contributed by atoms with Crippen LogP contribution in [0.15, 0.2) is 30.6 Å². The fraction of sp³-hybridized carbons (Fsp3) is 0.565. The van der Waals surface area contributed by atoms with Gasteiger partial charge in [0, 0.05) is 42.2 Å². The number of carbonyl (C=O) groups excluding carboxylic acids is 1. The van der Waals surface area contributed by atoms with E-state index in [4.69, 9.17) is 9.47 Å². The summed E-state index contributed by atoms with van der Waals surface area (Å²) in [5.41, 5.74) is 3.55. The lowest BCUT2D eigenvalue weighted by atomic mass is 9.85. The van der Waals surface area contributed by atoms with Crippen LogP contribution in [0.2, 0.25) is 0 Å². The molecule has 0 bridgehead atoms. The Morgan fingerprint density at radius 3 is 2.93 bits per heavy atom. The van der Waals surface area contributed by atoms with Gasteiger partial charge in [-0.3, -0.25) is 9.48 Å². The molecule has 1 aliphatic carbocycles. The van der Waals surface area contributed by atoms with Crippen molar-refractivity contribution in [1.29, 1.82) is 0 Å². The molecule has 1 saturated carbocycles. The van der Waals surface area contributed by atoms with Gasteiger partial charge in [0.2, 0.25) is 5.91 Å². The van der Waals surface area contributed by atoms with E-state index in [1.54, 1.807) is 4.68 Å². The quantitative estimate of drug-likeness (QED) is 0.801. The lowest BCUT2D eigenvalue weighted by Crippen LogP contribution is -2.44. The van der Waals surface area contributed by atoms with E-state index >= 15 is 0 Å². The van der Waals surface area contributed by atoms with Crippen LogP contribution < -0.4 is 4.74 Å². The van der Waals surface area contributed by atoms with Crippen molar-refractivity contribution in [2.75, 3.05) is 26.3 Å². The number of aromatic nitrogens is 2. The maximum Gasteiger partial charge on any atom is 0.226 e. The van der Waals surface area contributed by atoms with Crippen LogP contribution in [0.4, 0.5) is 0 Å². The Balaban J connectivity index is 1.36. The molecule has 6 heteroatoms. The van der Waals surface area contributed by atoms with Gasteiger partial charge in [0.1, 0.15) is 11.9 Å². The van der Waals surface area contributed by atoms with Gasteiger partial charge in [0.25, 0.3) is 0 Å². The maximum absolute atomic E-state index is 13.5. The Morgan fingerprint density at radius 1 is 1.31 bits per heavy atom. The Hall–Kier alpha value is -2.34. The van der Waals surface area contributed by atoms with E-state index in [9.17, 15) is 4.79 Å². The zero-order valence-corrected chi connectivity index (χ0v) is 17.4. The molecule has 3 aliphatic rings. The zero-order chi connectivity index (χ0) is 20.2. The third kappa shape index (κ3) is 3.14. The molecule has 2 aromatic rings. The molecule has 29 heavy (non-hydrogen) atoms. The summed E-state index contributed by atoms with van der Waals surface area (Å²) in [5, 5.41) is 4.24. The molecule has 3 atom stereocenters. The fourth-order valence-corrected chi connectivity index (χ4v) is 4.98. The number of fused-ring (bicyclic) bond motifs is 2. The summed E-state index contributed by atoms with van der Waals surface area (Å²) in [6.07, 6.45) is 5.57. The number of aryl methyl sites for hydroxylation is 1. The van der Waals surface area contributed by atoms with Crippen LogP contribution in [0.1, 0.15) is 55.4 Å². The lowest BCUT2D eigenvalue weighted by molar-refractivity contribution is -0.141. The van der Waals surface area contributed by atoms with Crippen LogP contribution in [-0.2, 0) is 22.0 Å². The summed E-state index contributed by atoms with van der Waals surface area (Å²) in [4.78, 5) is 15.5. The summed E-state index contributed by atoms with van der Waals surface area (Å²) in [5.74, 6) is 1.75. The van der Waals surface area contributed by atoms with Crippen molar-refractivity contribution < 1.29 is 14.3 Å². The molecular weight excluding hydrogens is 366 g/mol. The minimum Gasteiger partial charge on any atom is -0.493 e. The average Bonchev–Trinajstić information content (AvgIpc) is 3.27. The first-order chi connectivity index (χ1) is 14.0. The number of rotatable bonds is 3. The minimum absolute atomic E-state index is 0.0440. The van der Waals surface area contributed by atoms with Crippen LogP contribution in [0.5, 0.6) is 5.75 Å². The van der Waals surface area contributed by atoms with Gasteiger partial charge in [0.15, 0.2) is 0 Å². The number of hydrogen-bond acceptors (Lipinski definition) is 4. The Kier molecular flexibility index (Phi) is 4.42. The molecular formula is C23H29N3O3. The molecule has 2 fully saturated rings. The van der Waals surface area contributed by atoms with Crippen LogP contribution >= 0.6 is 0 Å². The normalized spacial score (nSPS) is 28.3. The average molecular weight is 396 g/mol. The van der Waals surface area contributed by atoms with Crippen LogP contribution in [0, 0.1) is 5.92 Å². The Bertz CT molecular complexity index is 937. The predicted molar refractivity (Wildman–Crippen MR) is 109 cm³/mol. The smallest absolute Gasteiger partial charge is 0.226 e. The molecule has 5 rings (SSSR count). The van der Waals surface area contributed by atoms with E-state index < -0.39 is 0 Å². The van der Waals surface area contributed by atoms with Crippen molar-refractivity contribution in [3.63, 3.8) is 0 Å². The van der Waals surface area contributed by atoms with Gasteiger partial charge in [-0.1, -0.05) is 26.0 Å². The first-order valence-corrected chi connectivity index (χ1v) is 10.6. The van der Waals surface area contributed by atoms with Crippen molar-refractivity contribution in [3.05, 3.63) is 47.3 Å². The molecule has 1 aromatic heterocycles. The molecule has 6 nitrogen and oxygen atoms in total. The minimum atomic E-state index is -0.0920. The highest BCUT2D eigenvalue weighted by Gasteiger charge is 2.62. The van der Waals surface area contributed by atoms with E-state index in [0.29, 0.717) is 32.2 Å². The summed E-state index contributed by atoms with van der Waals surface area (Å²) < 4.78 is 13.6. The molecule has 0 N–H and O–H groups in total. The van der Waals surface area contributed by atoms with Gasteiger partial charge >= 0.3 is 0 Å². The van der Waals surface area contributed by atoms with E-state index in [2.05, 4.69) is 37.1 Å². The van der Waals surface area contributed by atoms with Crippen molar-refractivity contribution in [2.45, 2.75) is 44.1 Å². The van der Waals surface area contributed by atoms with Gasteiger partial charge in [-0.2, -0.15) is 5.10 Å². The van der Waals surface area contributed by atoms with Gasteiger partial charge in [-0.05, 0) is 30.4 Å². The molecule has 2 aliphatic heterocycles. The second-order valence-electron chi connectivity index (χ2n) is 9.01. The van der Waals surface area contributed by atoms with E-state index in [-0.39, 0.29) is 23.3 Å². The summed E-state index contributed by atoms with van der Waals surface area (Å²) in [6, 6.07) is 6.53. The number of hydrogen-bond donors (Lipinski definition) is 0. The van der Waals surface area contributed by atoms with Crippen LogP contribution in [0.3, 0.4) is 0 Å². The van der Waals surface area contributed by atoms with E-state index in [1.165, 1.54) is 11.1 Å². The van der Waals surface area contributed by atoms with Crippen molar-refractivity contribution in [3.8, 4) is 5.75 Å². The molecule has 1 amide bonds. The standard InChI is InChI=1S/C23H29N3O3/c1-15(2)16-4-5-20-18(10-16)23(6-8-28-20)11-19(23)22(27)26-7-9-29-21(14-26)17-12-24-25(3)13-17/h4-5,10,12-13,15,19,21H,6-9,11,14H2,1-3H3/t19-,21?,23-/m0/s1. The lowest BCUT2D eigenvalue weighted by Gasteiger charge is -2.34. The molecule has 1 unspecified atom stereocenters. The number of nitrogens with zero attached hydrogens (tertiary/aromatic N) is 3.